The Bertz CT molecular complexity index is 461. The highest BCUT2D eigenvalue weighted by Gasteiger charge is 2.19. The van der Waals surface area contributed by atoms with E-state index in [-0.39, 0.29) is 0 Å². The molecule has 0 aromatic heterocycles. The van der Waals surface area contributed by atoms with Crippen LogP contribution in [0.2, 0.25) is 0 Å². The summed E-state index contributed by atoms with van der Waals surface area (Å²) in [6.07, 6.45) is 8.01. The molecule has 1 fully saturated rings. The minimum atomic E-state index is 0.600. The zero-order chi connectivity index (χ0) is 16.5. The molecular weight excluding hydrogens is 288 g/mol. The van der Waals surface area contributed by atoms with Crippen molar-refractivity contribution in [2.24, 2.45) is 0 Å². The summed E-state index contributed by atoms with van der Waals surface area (Å²) < 4.78 is 5.67. The highest BCUT2D eigenvalue weighted by atomic mass is 16.5. The molecular formula is C19H30N2O2. The Kier molecular flexibility index (Phi) is 7.40. The van der Waals surface area contributed by atoms with Gasteiger partial charge in [-0.2, -0.15) is 0 Å². The first-order chi connectivity index (χ1) is 11.2. The minimum Gasteiger partial charge on any atom is -0.494 e. The Hall–Kier alpha value is -1.55. The summed E-state index contributed by atoms with van der Waals surface area (Å²) in [5.41, 5.74) is 0.946. The monoisotopic (exact) mass is 318 g/mol. The fourth-order valence-corrected chi connectivity index (χ4v) is 3.11. The lowest BCUT2D eigenvalue weighted by atomic mass is 10.00. The fourth-order valence-electron chi connectivity index (χ4n) is 3.11. The molecule has 1 aromatic rings. The van der Waals surface area contributed by atoms with Gasteiger partial charge in [-0.3, -0.25) is 4.79 Å². The summed E-state index contributed by atoms with van der Waals surface area (Å²) in [4.78, 5) is 15.7. The SMILES string of the molecule is CCCCOc1ccc(N(C=O)CCC2CCCCN2C)cc1. The third-order valence-corrected chi connectivity index (χ3v) is 4.69. The summed E-state index contributed by atoms with van der Waals surface area (Å²) >= 11 is 0. The quantitative estimate of drug-likeness (QED) is 0.514. The Labute approximate surface area is 140 Å². The number of piperidine rings is 1. The number of amides is 1. The highest BCUT2D eigenvalue weighted by molar-refractivity contribution is 5.75. The number of nitrogens with zero attached hydrogens (tertiary/aromatic N) is 2. The van der Waals surface area contributed by atoms with Gasteiger partial charge in [0.05, 0.1) is 6.61 Å². The lowest BCUT2D eigenvalue weighted by Gasteiger charge is -2.33. The van der Waals surface area contributed by atoms with Crippen LogP contribution in [0.4, 0.5) is 5.69 Å². The van der Waals surface area contributed by atoms with Gasteiger partial charge in [-0.1, -0.05) is 19.8 Å². The van der Waals surface area contributed by atoms with E-state index in [9.17, 15) is 4.79 Å². The topological polar surface area (TPSA) is 32.8 Å². The van der Waals surface area contributed by atoms with Gasteiger partial charge in [0.15, 0.2) is 0 Å². The molecule has 0 aliphatic carbocycles. The van der Waals surface area contributed by atoms with Crippen molar-refractivity contribution in [2.45, 2.75) is 51.5 Å². The largest absolute Gasteiger partial charge is 0.494 e. The second kappa shape index (κ2) is 9.56. The second-order valence-corrected chi connectivity index (χ2v) is 6.41. The second-order valence-electron chi connectivity index (χ2n) is 6.41. The van der Waals surface area contributed by atoms with E-state index in [2.05, 4.69) is 18.9 Å². The summed E-state index contributed by atoms with van der Waals surface area (Å²) in [5.74, 6) is 0.875. The predicted molar refractivity (Wildman–Crippen MR) is 95.1 cm³/mol. The number of hydrogen-bond donors (Lipinski definition) is 0. The van der Waals surface area contributed by atoms with Crippen molar-refractivity contribution in [1.82, 2.24) is 4.90 Å². The van der Waals surface area contributed by atoms with E-state index in [0.717, 1.165) is 50.3 Å². The molecule has 0 saturated carbocycles. The molecule has 128 valence electrons. The molecule has 0 bridgehead atoms. The molecule has 1 saturated heterocycles. The number of unbranched alkanes of at least 4 members (excludes halogenated alkanes) is 1. The summed E-state index contributed by atoms with van der Waals surface area (Å²) in [5, 5.41) is 0. The van der Waals surface area contributed by atoms with Crippen LogP contribution in [-0.2, 0) is 4.79 Å². The van der Waals surface area contributed by atoms with Crippen LogP contribution in [0.25, 0.3) is 0 Å². The van der Waals surface area contributed by atoms with E-state index in [1.54, 1.807) is 4.90 Å². The normalized spacial score (nSPS) is 18.6. The van der Waals surface area contributed by atoms with Gasteiger partial charge in [0.25, 0.3) is 0 Å². The minimum absolute atomic E-state index is 0.600. The van der Waals surface area contributed by atoms with Gasteiger partial charge in [0.1, 0.15) is 5.75 Å². The van der Waals surface area contributed by atoms with Crippen molar-refractivity contribution in [1.29, 1.82) is 0 Å². The van der Waals surface area contributed by atoms with E-state index in [0.29, 0.717) is 6.04 Å². The van der Waals surface area contributed by atoms with Crippen molar-refractivity contribution in [3.63, 3.8) is 0 Å². The molecule has 1 unspecified atom stereocenters. The van der Waals surface area contributed by atoms with E-state index in [4.69, 9.17) is 4.74 Å². The van der Waals surface area contributed by atoms with Gasteiger partial charge in [0, 0.05) is 18.3 Å². The van der Waals surface area contributed by atoms with Crippen LogP contribution in [0.15, 0.2) is 24.3 Å². The molecule has 1 aliphatic rings. The van der Waals surface area contributed by atoms with Crippen molar-refractivity contribution in [3.05, 3.63) is 24.3 Å². The molecule has 1 aromatic carbocycles. The van der Waals surface area contributed by atoms with Gasteiger partial charge in [-0.25, -0.2) is 0 Å². The molecule has 0 N–H and O–H groups in total. The van der Waals surface area contributed by atoms with Crippen LogP contribution in [0.3, 0.4) is 0 Å². The van der Waals surface area contributed by atoms with Crippen LogP contribution in [0, 0.1) is 0 Å². The zero-order valence-corrected chi connectivity index (χ0v) is 14.5. The Balaban J connectivity index is 1.85. The molecule has 0 radical (unpaired) electrons. The molecule has 23 heavy (non-hydrogen) atoms. The van der Waals surface area contributed by atoms with E-state index >= 15 is 0 Å². The molecule has 4 heteroatoms. The first-order valence-corrected chi connectivity index (χ1v) is 8.89. The first-order valence-electron chi connectivity index (χ1n) is 8.89. The van der Waals surface area contributed by atoms with Gasteiger partial charge < -0.3 is 14.5 Å². The zero-order valence-electron chi connectivity index (χ0n) is 14.5. The molecule has 0 spiro atoms. The maximum absolute atomic E-state index is 11.4. The van der Waals surface area contributed by atoms with Gasteiger partial charge in [-0.15, -0.1) is 0 Å². The summed E-state index contributed by atoms with van der Waals surface area (Å²) in [6.45, 7) is 4.85. The van der Waals surface area contributed by atoms with Crippen LogP contribution in [0.1, 0.15) is 45.4 Å². The molecule has 1 heterocycles. The van der Waals surface area contributed by atoms with Crippen LogP contribution < -0.4 is 9.64 Å². The van der Waals surface area contributed by atoms with Crippen LogP contribution in [-0.4, -0.2) is 44.1 Å². The summed E-state index contributed by atoms with van der Waals surface area (Å²) in [7, 11) is 2.19. The van der Waals surface area contributed by atoms with Gasteiger partial charge in [-0.05, 0) is 63.5 Å². The maximum Gasteiger partial charge on any atom is 0.214 e. The third-order valence-electron chi connectivity index (χ3n) is 4.69. The molecule has 1 aliphatic heterocycles. The van der Waals surface area contributed by atoms with Crippen molar-refractivity contribution in [2.75, 3.05) is 31.6 Å². The number of anilines is 1. The average Bonchev–Trinajstić information content (AvgIpc) is 2.58. The van der Waals surface area contributed by atoms with Crippen molar-refractivity contribution in [3.8, 4) is 5.75 Å². The van der Waals surface area contributed by atoms with Gasteiger partial charge in [0.2, 0.25) is 6.41 Å². The van der Waals surface area contributed by atoms with Crippen LogP contribution >= 0.6 is 0 Å². The standard InChI is InChI=1S/C19H30N2O2/c1-3-4-15-23-19-10-8-18(9-11-19)21(16-22)14-12-17-7-5-6-13-20(17)2/h8-11,16-17H,3-7,12-15H2,1-2H3. The van der Waals surface area contributed by atoms with Crippen molar-refractivity contribution >= 4 is 12.1 Å². The number of hydrogen-bond acceptors (Lipinski definition) is 3. The number of carbonyl (C=O) groups excluding carboxylic acids is 1. The summed E-state index contributed by atoms with van der Waals surface area (Å²) in [6, 6.07) is 8.45. The number of ether oxygens (including phenoxy) is 1. The lowest BCUT2D eigenvalue weighted by Crippen LogP contribution is -2.38. The first kappa shape index (κ1) is 17.8. The number of likely N-dealkylation sites (tertiary alicyclic amines) is 1. The number of rotatable bonds is 9. The predicted octanol–water partition coefficient (Wildman–Crippen LogP) is 3.70. The molecule has 4 nitrogen and oxygen atoms in total. The fraction of sp³-hybridized carbons (Fsp3) is 0.632. The third kappa shape index (κ3) is 5.54. The molecule has 1 atom stereocenters. The van der Waals surface area contributed by atoms with Gasteiger partial charge >= 0.3 is 0 Å². The average molecular weight is 318 g/mol. The maximum atomic E-state index is 11.4. The van der Waals surface area contributed by atoms with E-state index < -0.39 is 0 Å². The van der Waals surface area contributed by atoms with Crippen LogP contribution in [0.5, 0.6) is 5.75 Å². The Morgan fingerprint density at radius 1 is 1.30 bits per heavy atom. The molecule has 2 rings (SSSR count). The smallest absolute Gasteiger partial charge is 0.214 e. The van der Waals surface area contributed by atoms with E-state index in [1.807, 2.05) is 24.3 Å². The lowest BCUT2D eigenvalue weighted by molar-refractivity contribution is -0.107. The van der Waals surface area contributed by atoms with E-state index in [1.165, 1.54) is 25.8 Å². The Morgan fingerprint density at radius 3 is 2.74 bits per heavy atom. The van der Waals surface area contributed by atoms with Crippen molar-refractivity contribution < 1.29 is 9.53 Å². The Morgan fingerprint density at radius 2 is 2.09 bits per heavy atom. The number of benzene rings is 1. The highest BCUT2D eigenvalue weighted by Crippen LogP contribution is 2.22. The number of carbonyl (C=O) groups is 1. The molecule has 1 amide bonds.